The van der Waals surface area contributed by atoms with Crippen LogP contribution < -0.4 is 9.64 Å². The molecule has 0 saturated heterocycles. The second-order valence-electron chi connectivity index (χ2n) is 14.5. The number of carbonyl (C=O) groups excluding carboxylic acids is 2. The predicted molar refractivity (Wildman–Crippen MR) is 237 cm³/mol. The zero-order chi connectivity index (χ0) is 42.8. The number of ether oxygens (including phenoxy) is 2. The molecular weight excluding hydrogens is 783 g/mol. The number of anilines is 1. The number of aryl methyl sites for hydroxylation is 1. The Labute approximate surface area is 356 Å². The van der Waals surface area contributed by atoms with Crippen LogP contribution >= 0.6 is 0 Å². The lowest BCUT2D eigenvalue weighted by molar-refractivity contribution is -0.118. The van der Waals surface area contributed by atoms with Gasteiger partial charge in [-0.05, 0) is 88.3 Å². The number of esters is 1. The number of hydrogen-bond donors (Lipinski definition) is 0. The maximum atomic E-state index is 14.6. The van der Waals surface area contributed by atoms with Crippen LogP contribution in [0.3, 0.4) is 0 Å². The van der Waals surface area contributed by atoms with Gasteiger partial charge in [0.2, 0.25) is 15.9 Å². The number of sulfonamides is 1. The molecule has 0 aromatic heterocycles. The van der Waals surface area contributed by atoms with Gasteiger partial charge >= 0.3 is 5.97 Å². The number of rotatable bonds is 15. The van der Waals surface area contributed by atoms with Crippen LogP contribution in [0.5, 0.6) is 5.75 Å². The van der Waals surface area contributed by atoms with E-state index in [0.29, 0.717) is 11.3 Å². The molecule has 0 fully saturated rings. The molecule has 0 N–H and O–H groups in total. The number of benzene rings is 7. The summed E-state index contributed by atoms with van der Waals surface area (Å²) in [5, 5.41) is 9.83. The Morgan fingerprint density at radius 2 is 1.26 bits per heavy atom. The standard InChI is InChI=1S/C51H43N3O6S/c1-37-21-25-45(26-22-37)61(57,58)53(2)34-50(55)54(33-41-17-12-20-43(29-41)48-30-40(32-52)23-27-46(48)42-18-10-5-11-19-42)44-24-28-47(51(56)60-36-39-15-8-4-9-16-39)49(31-44)59-35-38-13-6-3-7-14-38/h3-31H,33-36H2,1-2H3. The van der Waals surface area contributed by atoms with Crippen molar-refractivity contribution in [1.82, 2.24) is 4.31 Å². The van der Waals surface area contributed by atoms with Crippen LogP contribution in [-0.2, 0) is 39.3 Å². The van der Waals surface area contributed by atoms with Gasteiger partial charge in [0.25, 0.3) is 0 Å². The van der Waals surface area contributed by atoms with Crippen LogP contribution in [0, 0.1) is 18.3 Å². The summed E-state index contributed by atoms with van der Waals surface area (Å²) >= 11 is 0. The second-order valence-corrected chi connectivity index (χ2v) is 16.6. The van der Waals surface area contributed by atoms with Crippen molar-refractivity contribution in [2.24, 2.45) is 0 Å². The quantitative estimate of drug-likeness (QED) is 0.0945. The number of carbonyl (C=O) groups is 2. The lowest BCUT2D eigenvalue weighted by Gasteiger charge is -2.27. The summed E-state index contributed by atoms with van der Waals surface area (Å²) in [5.74, 6) is -0.942. The molecule has 304 valence electrons. The van der Waals surface area contributed by atoms with E-state index in [1.54, 1.807) is 36.4 Å². The second kappa shape index (κ2) is 19.2. The Morgan fingerprint density at radius 1 is 0.639 bits per heavy atom. The van der Waals surface area contributed by atoms with E-state index < -0.39 is 28.4 Å². The van der Waals surface area contributed by atoms with Gasteiger partial charge in [0.15, 0.2) is 0 Å². The van der Waals surface area contributed by atoms with Crippen LogP contribution in [-0.4, -0.2) is 38.2 Å². The van der Waals surface area contributed by atoms with E-state index in [2.05, 4.69) is 6.07 Å². The summed E-state index contributed by atoms with van der Waals surface area (Å²) in [4.78, 5) is 29.8. The molecule has 0 radical (unpaired) electrons. The summed E-state index contributed by atoms with van der Waals surface area (Å²) < 4.78 is 40.5. The van der Waals surface area contributed by atoms with Gasteiger partial charge in [-0.2, -0.15) is 9.57 Å². The van der Waals surface area contributed by atoms with Gasteiger partial charge in [0, 0.05) is 18.8 Å². The van der Waals surface area contributed by atoms with Crippen LogP contribution in [0.15, 0.2) is 181 Å². The molecule has 0 bridgehead atoms. The fraction of sp³-hybridized carbons (Fsp3) is 0.118. The van der Waals surface area contributed by atoms with Crippen molar-refractivity contribution in [3.05, 3.63) is 209 Å². The number of hydrogen-bond acceptors (Lipinski definition) is 7. The van der Waals surface area contributed by atoms with Gasteiger partial charge in [-0.25, -0.2) is 13.2 Å². The Hall–Kier alpha value is -7.32. The molecule has 1 amide bonds. The van der Waals surface area contributed by atoms with E-state index in [-0.39, 0.29) is 36.0 Å². The fourth-order valence-corrected chi connectivity index (χ4v) is 7.94. The molecule has 0 aliphatic heterocycles. The third kappa shape index (κ3) is 10.3. The molecule has 10 heteroatoms. The van der Waals surface area contributed by atoms with Crippen molar-refractivity contribution in [3.8, 4) is 34.1 Å². The molecule has 0 spiro atoms. The highest BCUT2D eigenvalue weighted by Crippen LogP contribution is 2.35. The number of nitriles is 1. The highest BCUT2D eigenvalue weighted by atomic mass is 32.2. The van der Waals surface area contributed by atoms with E-state index in [4.69, 9.17) is 9.47 Å². The molecule has 0 aliphatic carbocycles. The van der Waals surface area contributed by atoms with Crippen LogP contribution in [0.4, 0.5) is 5.69 Å². The lowest BCUT2D eigenvalue weighted by atomic mass is 9.92. The van der Waals surface area contributed by atoms with Crippen molar-refractivity contribution >= 4 is 27.6 Å². The van der Waals surface area contributed by atoms with Crippen molar-refractivity contribution in [2.45, 2.75) is 31.6 Å². The van der Waals surface area contributed by atoms with Crippen LogP contribution in [0.1, 0.15) is 38.2 Å². The minimum Gasteiger partial charge on any atom is -0.488 e. The van der Waals surface area contributed by atoms with Crippen molar-refractivity contribution in [1.29, 1.82) is 5.26 Å². The Morgan fingerprint density at radius 3 is 1.93 bits per heavy atom. The van der Waals surface area contributed by atoms with Gasteiger partial charge in [0.1, 0.15) is 24.5 Å². The van der Waals surface area contributed by atoms with Crippen LogP contribution in [0.25, 0.3) is 22.3 Å². The SMILES string of the molecule is Cc1ccc(S(=O)(=O)N(C)CC(=O)N(Cc2cccc(-c3cc(C#N)ccc3-c3ccccc3)c2)c2ccc(C(=O)OCc3ccccc3)c(OCc3ccccc3)c2)cc1. The molecule has 0 saturated carbocycles. The molecule has 7 aromatic rings. The topological polar surface area (TPSA) is 117 Å². The smallest absolute Gasteiger partial charge is 0.342 e. The normalized spacial score (nSPS) is 11.1. The molecule has 9 nitrogen and oxygen atoms in total. The molecule has 0 aliphatic rings. The zero-order valence-electron chi connectivity index (χ0n) is 33.8. The molecule has 61 heavy (non-hydrogen) atoms. The highest BCUT2D eigenvalue weighted by molar-refractivity contribution is 7.89. The third-order valence-corrected chi connectivity index (χ3v) is 12.0. The predicted octanol–water partition coefficient (Wildman–Crippen LogP) is 9.99. The molecule has 7 rings (SSSR count). The molecule has 0 unspecified atom stereocenters. The summed E-state index contributed by atoms with van der Waals surface area (Å²) in [6.45, 7) is 1.58. The van der Waals surface area contributed by atoms with Crippen molar-refractivity contribution in [3.63, 3.8) is 0 Å². The Balaban J connectivity index is 1.27. The number of nitrogens with zero attached hydrogens (tertiary/aromatic N) is 3. The molecule has 0 heterocycles. The van der Waals surface area contributed by atoms with Gasteiger partial charge < -0.3 is 14.4 Å². The van der Waals surface area contributed by atoms with Gasteiger partial charge in [-0.3, -0.25) is 4.79 Å². The Bertz CT molecular complexity index is 2790. The van der Waals surface area contributed by atoms with E-state index in [1.165, 1.54) is 24.1 Å². The first kappa shape index (κ1) is 41.8. The van der Waals surface area contributed by atoms with E-state index in [9.17, 15) is 23.3 Å². The summed E-state index contributed by atoms with van der Waals surface area (Å²) in [7, 11) is -2.67. The Kier molecular flexibility index (Phi) is 13.1. The van der Waals surface area contributed by atoms with E-state index >= 15 is 0 Å². The maximum absolute atomic E-state index is 14.6. The first-order chi connectivity index (χ1) is 29.6. The van der Waals surface area contributed by atoms with Crippen molar-refractivity contribution < 1.29 is 27.5 Å². The number of likely N-dealkylation sites (N-methyl/N-ethyl adjacent to an activating group) is 1. The zero-order valence-corrected chi connectivity index (χ0v) is 34.6. The average Bonchev–Trinajstić information content (AvgIpc) is 3.30. The van der Waals surface area contributed by atoms with E-state index in [0.717, 1.165) is 48.8 Å². The van der Waals surface area contributed by atoms with Crippen molar-refractivity contribution in [2.75, 3.05) is 18.5 Å². The minimum atomic E-state index is -4.04. The lowest BCUT2D eigenvalue weighted by Crippen LogP contribution is -2.41. The first-order valence-electron chi connectivity index (χ1n) is 19.6. The molecule has 7 aromatic carbocycles. The summed E-state index contributed by atoms with van der Waals surface area (Å²) in [6.07, 6.45) is 0. The molecule has 0 atom stereocenters. The maximum Gasteiger partial charge on any atom is 0.342 e. The first-order valence-corrected chi connectivity index (χ1v) is 21.1. The highest BCUT2D eigenvalue weighted by Gasteiger charge is 2.28. The number of amides is 1. The van der Waals surface area contributed by atoms with Gasteiger partial charge in [-0.15, -0.1) is 0 Å². The van der Waals surface area contributed by atoms with Crippen LogP contribution in [0.2, 0.25) is 0 Å². The minimum absolute atomic E-state index is 0.0274. The van der Waals surface area contributed by atoms with Gasteiger partial charge in [-0.1, -0.05) is 133 Å². The largest absolute Gasteiger partial charge is 0.488 e. The average molecular weight is 826 g/mol. The molecular formula is C51H43N3O6S. The monoisotopic (exact) mass is 825 g/mol. The fourth-order valence-electron chi connectivity index (χ4n) is 6.82. The van der Waals surface area contributed by atoms with E-state index in [1.807, 2.05) is 134 Å². The summed E-state index contributed by atoms with van der Waals surface area (Å²) in [5.41, 5.74) is 7.92. The summed E-state index contributed by atoms with van der Waals surface area (Å²) in [6, 6.07) is 55.4. The third-order valence-electron chi connectivity index (χ3n) is 10.1. The van der Waals surface area contributed by atoms with Gasteiger partial charge in [0.05, 0.1) is 29.6 Å².